The highest BCUT2D eigenvalue weighted by Crippen LogP contribution is 2.29. The highest BCUT2D eigenvalue weighted by Gasteiger charge is 2.32. The number of likely N-dealkylation sites (tertiary alicyclic amines) is 1. The van der Waals surface area contributed by atoms with Gasteiger partial charge in [0.1, 0.15) is 0 Å². The van der Waals surface area contributed by atoms with Crippen molar-refractivity contribution in [2.24, 2.45) is 0 Å². The smallest absolute Gasteiger partial charge is 0.0774 e. The number of β-amino-alcohol motifs (C(OH)–C–C–N with tert-alkyl or cyclic N) is 1. The van der Waals surface area contributed by atoms with Crippen LogP contribution in [0.5, 0.6) is 0 Å². The first kappa shape index (κ1) is 15.2. The minimum Gasteiger partial charge on any atom is -0.396 e. The molecule has 0 aromatic rings. The number of ether oxygens (including phenoxy) is 1. The van der Waals surface area contributed by atoms with Gasteiger partial charge in [0.25, 0.3) is 0 Å². The van der Waals surface area contributed by atoms with Crippen LogP contribution in [-0.4, -0.2) is 59.7 Å². The molecule has 0 bridgehead atoms. The van der Waals surface area contributed by atoms with E-state index in [2.05, 4.69) is 4.90 Å². The molecule has 2 N–H and O–H groups in total. The second-order valence-corrected chi connectivity index (χ2v) is 6.21. The Morgan fingerprint density at radius 1 is 1.11 bits per heavy atom. The molecule has 0 aromatic carbocycles. The van der Waals surface area contributed by atoms with E-state index in [0.29, 0.717) is 12.7 Å². The third kappa shape index (κ3) is 5.03. The standard InChI is InChI=1S/C15H29NO3/c17-11-4-12-19-14-5-9-16(10-6-14)13-15(18)7-2-1-3-8-15/h14,17-18H,1-13H2. The first-order valence-electron chi connectivity index (χ1n) is 7.89. The predicted molar refractivity (Wildman–Crippen MR) is 75.2 cm³/mol. The third-order valence-electron chi connectivity index (χ3n) is 4.49. The second kappa shape index (κ2) is 7.58. The van der Waals surface area contributed by atoms with Gasteiger partial charge in [0, 0.05) is 32.8 Å². The topological polar surface area (TPSA) is 52.9 Å². The molecule has 1 saturated carbocycles. The van der Waals surface area contributed by atoms with Crippen molar-refractivity contribution in [2.45, 2.75) is 63.1 Å². The zero-order valence-corrected chi connectivity index (χ0v) is 12.0. The van der Waals surface area contributed by atoms with Crippen molar-refractivity contribution in [1.82, 2.24) is 4.90 Å². The second-order valence-electron chi connectivity index (χ2n) is 6.21. The number of aliphatic hydroxyl groups is 2. The summed E-state index contributed by atoms with van der Waals surface area (Å²) in [7, 11) is 0. The molecule has 0 atom stereocenters. The number of rotatable bonds is 6. The van der Waals surface area contributed by atoms with Gasteiger partial charge in [0.15, 0.2) is 0 Å². The van der Waals surface area contributed by atoms with E-state index in [4.69, 9.17) is 9.84 Å². The largest absolute Gasteiger partial charge is 0.396 e. The van der Waals surface area contributed by atoms with Crippen LogP contribution >= 0.6 is 0 Å². The molecule has 1 saturated heterocycles. The van der Waals surface area contributed by atoms with Crippen LogP contribution in [0, 0.1) is 0 Å². The third-order valence-corrected chi connectivity index (χ3v) is 4.49. The van der Waals surface area contributed by atoms with Crippen molar-refractivity contribution in [3.05, 3.63) is 0 Å². The Balaban J connectivity index is 1.65. The average molecular weight is 271 g/mol. The molecule has 0 spiro atoms. The fourth-order valence-electron chi connectivity index (χ4n) is 3.33. The lowest BCUT2D eigenvalue weighted by Crippen LogP contribution is -2.48. The number of hydrogen-bond acceptors (Lipinski definition) is 4. The molecule has 4 heteroatoms. The molecule has 0 radical (unpaired) electrons. The number of piperidine rings is 1. The van der Waals surface area contributed by atoms with E-state index >= 15 is 0 Å². The molecule has 1 aliphatic carbocycles. The Morgan fingerprint density at radius 3 is 2.42 bits per heavy atom. The van der Waals surface area contributed by atoms with Gasteiger partial charge in [0.05, 0.1) is 11.7 Å². The van der Waals surface area contributed by atoms with E-state index in [0.717, 1.165) is 51.7 Å². The minimum absolute atomic E-state index is 0.214. The van der Waals surface area contributed by atoms with Gasteiger partial charge >= 0.3 is 0 Å². The Morgan fingerprint density at radius 2 is 1.79 bits per heavy atom. The summed E-state index contributed by atoms with van der Waals surface area (Å²) in [4.78, 5) is 2.40. The lowest BCUT2D eigenvalue weighted by molar-refractivity contribution is -0.0492. The molecule has 0 aromatic heterocycles. The van der Waals surface area contributed by atoms with Crippen LogP contribution in [0.3, 0.4) is 0 Å². The normalized spacial score (nSPS) is 25.6. The van der Waals surface area contributed by atoms with Crippen LogP contribution in [-0.2, 0) is 4.74 Å². The van der Waals surface area contributed by atoms with Crippen LogP contribution in [0.2, 0.25) is 0 Å². The number of hydrogen-bond donors (Lipinski definition) is 2. The zero-order chi connectivity index (χ0) is 13.6. The molecule has 1 heterocycles. The molecule has 0 unspecified atom stereocenters. The van der Waals surface area contributed by atoms with Crippen LogP contribution < -0.4 is 0 Å². The average Bonchev–Trinajstić information content (AvgIpc) is 2.41. The first-order chi connectivity index (χ1) is 9.22. The zero-order valence-electron chi connectivity index (χ0n) is 12.0. The summed E-state index contributed by atoms with van der Waals surface area (Å²) in [6.07, 6.45) is 8.78. The highest BCUT2D eigenvalue weighted by atomic mass is 16.5. The SMILES string of the molecule is OCCCOC1CCN(CC2(O)CCCCC2)CC1. The minimum atomic E-state index is -0.428. The van der Waals surface area contributed by atoms with E-state index < -0.39 is 5.60 Å². The van der Waals surface area contributed by atoms with Gasteiger partial charge in [-0.3, -0.25) is 0 Å². The Bertz CT molecular complexity index is 246. The predicted octanol–water partition coefficient (Wildman–Crippen LogP) is 1.54. The highest BCUT2D eigenvalue weighted by molar-refractivity contribution is 4.87. The fraction of sp³-hybridized carbons (Fsp3) is 1.00. The summed E-state index contributed by atoms with van der Waals surface area (Å²) in [5, 5.41) is 19.3. The lowest BCUT2D eigenvalue weighted by Gasteiger charge is -2.39. The van der Waals surface area contributed by atoms with Crippen molar-refractivity contribution in [3.8, 4) is 0 Å². The summed E-state index contributed by atoms with van der Waals surface area (Å²) < 4.78 is 5.74. The molecule has 19 heavy (non-hydrogen) atoms. The molecular weight excluding hydrogens is 242 g/mol. The van der Waals surface area contributed by atoms with Gasteiger partial charge in [-0.05, 0) is 32.1 Å². The van der Waals surface area contributed by atoms with Crippen molar-refractivity contribution in [3.63, 3.8) is 0 Å². The molecule has 1 aliphatic heterocycles. The summed E-state index contributed by atoms with van der Waals surface area (Å²) in [6.45, 7) is 3.80. The Kier molecular flexibility index (Phi) is 6.07. The summed E-state index contributed by atoms with van der Waals surface area (Å²) in [5.74, 6) is 0. The van der Waals surface area contributed by atoms with Gasteiger partial charge in [-0.2, -0.15) is 0 Å². The quantitative estimate of drug-likeness (QED) is 0.720. The molecule has 0 amide bonds. The van der Waals surface area contributed by atoms with Crippen molar-refractivity contribution in [2.75, 3.05) is 32.8 Å². The van der Waals surface area contributed by atoms with Crippen molar-refractivity contribution >= 4 is 0 Å². The van der Waals surface area contributed by atoms with E-state index in [1.54, 1.807) is 0 Å². The Labute approximate surface area is 116 Å². The molecular formula is C15H29NO3. The number of aliphatic hydroxyl groups excluding tert-OH is 1. The van der Waals surface area contributed by atoms with Crippen LogP contribution in [0.15, 0.2) is 0 Å². The fourth-order valence-corrected chi connectivity index (χ4v) is 3.33. The Hall–Kier alpha value is -0.160. The first-order valence-corrected chi connectivity index (χ1v) is 7.89. The molecule has 2 aliphatic rings. The maximum absolute atomic E-state index is 10.6. The van der Waals surface area contributed by atoms with Gasteiger partial charge in [-0.15, -0.1) is 0 Å². The van der Waals surface area contributed by atoms with E-state index in [9.17, 15) is 5.11 Å². The molecule has 4 nitrogen and oxygen atoms in total. The summed E-state index contributed by atoms with van der Waals surface area (Å²) in [5.41, 5.74) is -0.428. The van der Waals surface area contributed by atoms with E-state index in [1.807, 2.05) is 0 Å². The molecule has 112 valence electrons. The molecule has 2 rings (SSSR count). The maximum Gasteiger partial charge on any atom is 0.0774 e. The van der Waals surface area contributed by atoms with Crippen molar-refractivity contribution < 1.29 is 14.9 Å². The molecule has 2 fully saturated rings. The monoisotopic (exact) mass is 271 g/mol. The van der Waals surface area contributed by atoms with Gasteiger partial charge < -0.3 is 19.8 Å². The van der Waals surface area contributed by atoms with Crippen LogP contribution in [0.1, 0.15) is 51.4 Å². The maximum atomic E-state index is 10.6. The summed E-state index contributed by atoms with van der Waals surface area (Å²) in [6, 6.07) is 0. The van der Waals surface area contributed by atoms with Gasteiger partial charge in [0.2, 0.25) is 0 Å². The van der Waals surface area contributed by atoms with Crippen molar-refractivity contribution in [1.29, 1.82) is 0 Å². The lowest BCUT2D eigenvalue weighted by atomic mass is 9.84. The summed E-state index contributed by atoms with van der Waals surface area (Å²) >= 11 is 0. The van der Waals surface area contributed by atoms with Gasteiger partial charge in [-0.25, -0.2) is 0 Å². The van der Waals surface area contributed by atoms with Crippen LogP contribution in [0.25, 0.3) is 0 Å². The number of nitrogens with zero attached hydrogens (tertiary/aromatic N) is 1. The van der Waals surface area contributed by atoms with E-state index in [-0.39, 0.29) is 6.61 Å². The van der Waals surface area contributed by atoms with Gasteiger partial charge in [-0.1, -0.05) is 19.3 Å². The van der Waals surface area contributed by atoms with E-state index in [1.165, 1.54) is 19.3 Å². The van der Waals surface area contributed by atoms with Crippen LogP contribution in [0.4, 0.5) is 0 Å².